The topological polar surface area (TPSA) is 70.1 Å². The Labute approximate surface area is 149 Å². The number of carbonyl (C=O) groups is 1. The lowest BCUT2D eigenvalue weighted by Crippen LogP contribution is -2.32. The van der Waals surface area contributed by atoms with Crippen LogP contribution in [0, 0.1) is 11.3 Å². The molecule has 124 valence electrons. The molecule has 0 aliphatic carbocycles. The van der Waals surface area contributed by atoms with Gasteiger partial charge < -0.3 is 4.42 Å². The van der Waals surface area contributed by atoms with Crippen LogP contribution in [0.4, 0.5) is 5.82 Å². The second kappa shape index (κ2) is 8.18. The van der Waals surface area contributed by atoms with Gasteiger partial charge in [-0.25, -0.2) is 4.98 Å². The van der Waals surface area contributed by atoms with Gasteiger partial charge in [0.15, 0.2) is 0 Å². The van der Waals surface area contributed by atoms with Crippen LogP contribution < -0.4 is 4.90 Å². The van der Waals surface area contributed by atoms with E-state index in [9.17, 15) is 4.79 Å². The zero-order valence-electron chi connectivity index (χ0n) is 13.3. The molecule has 0 unspecified atom stereocenters. The molecular formula is C19H15N3O2S. The fraction of sp³-hybridized carbons (Fsp3) is 0.105. The minimum absolute atomic E-state index is 0.0653. The molecule has 6 heteroatoms. The number of nitrogens with zero attached hydrogens (tertiary/aromatic N) is 3. The molecule has 0 aliphatic rings. The molecule has 0 fully saturated rings. The summed E-state index contributed by atoms with van der Waals surface area (Å²) in [5.74, 6) is 1.49. The highest BCUT2D eigenvalue weighted by molar-refractivity contribution is 8.00. The van der Waals surface area contributed by atoms with Crippen molar-refractivity contribution in [2.75, 3.05) is 10.7 Å². The third kappa shape index (κ3) is 4.49. The Bertz CT molecular complexity index is 856. The van der Waals surface area contributed by atoms with Crippen LogP contribution in [0.3, 0.4) is 0 Å². The van der Waals surface area contributed by atoms with Crippen molar-refractivity contribution < 1.29 is 9.21 Å². The molecule has 5 nitrogen and oxygen atoms in total. The Hall–Kier alpha value is -3.04. The van der Waals surface area contributed by atoms with Gasteiger partial charge >= 0.3 is 0 Å². The van der Waals surface area contributed by atoms with Gasteiger partial charge in [-0.1, -0.05) is 6.07 Å². The van der Waals surface area contributed by atoms with E-state index in [0.717, 1.165) is 4.90 Å². The monoisotopic (exact) mass is 349 g/mol. The second-order valence-corrected chi connectivity index (χ2v) is 6.22. The molecule has 1 amide bonds. The number of rotatable bonds is 6. The molecule has 3 rings (SSSR count). The Morgan fingerprint density at radius 3 is 2.64 bits per heavy atom. The Kier molecular flexibility index (Phi) is 5.50. The molecule has 0 N–H and O–H groups in total. The van der Waals surface area contributed by atoms with Gasteiger partial charge in [0.1, 0.15) is 11.6 Å². The molecule has 0 bridgehead atoms. The van der Waals surface area contributed by atoms with Crippen LogP contribution in [0.25, 0.3) is 0 Å². The SMILES string of the molecule is N#Cc1ccc(SCC(=O)N(Cc2ccco2)c2ccccn2)cc1. The van der Waals surface area contributed by atoms with E-state index in [-0.39, 0.29) is 11.7 Å². The quantitative estimate of drug-likeness (QED) is 0.632. The maximum absolute atomic E-state index is 12.7. The van der Waals surface area contributed by atoms with Crippen molar-refractivity contribution in [1.29, 1.82) is 5.26 Å². The van der Waals surface area contributed by atoms with Crippen LogP contribution >= 0.6 is 11.8 Å². The van der Waals surface area contributed by atoms with Gasteiger partial charge in [-0.05, 0) is 48.5 Å². The number of furan rings is 1. The molecule has 2 aromatic heterocycles. The minimum Gasteiger partial charge on any atom is -0.467 e. The van der Waals surface area contributed by atoms with Gasteiger partial charge in [0.25, 0.3) is 0 Å². The molecule has 0 radical (unpaired) electrons. The number of hydrogen-bond donors (Lipinski definition) is 0. The van der Waals surface area contributed by atoms with E-state index in [0.29, 0.717) is 23.7 Å². The zero-order chi connectivity index (χ0) is 17.5. The Morgan fingerprint density at radius 1 is 1.16 bits per heavy atom. The van der Waals surface area contributed by atoms with Crippen molar-refractivity contribution in [2.24, 2.45) is 0 Å². The average molecular weight is 349 g/mol. The highest BCUT2D eigenvalue weighted by Gasteiger charge is 2.18. The molecule has 3 aromatic rings. The Balaban J connectivity index is 1.71. The van der Waals surface area contributed by atoms with Crippen molar-refractivity contribution in [3.05, 3.63) is 78.4 Å². The number of nitriles is 1. The zero-order valence-corrected chi connectivity index (χ0v) is 14.1. The van der Waals surface area contributed by atoms with Crippen LogP contribution in [0.2, 0.25) is 0 Å². The van der Waals surface area contributed by atoms with E-state index in [4.69, 9.17) is 9.68 Å². The normalized spacial score (nSPS) is 10.2. The van der Waals surface area contributed by atoms with E-state index in [2.05, 4.69) is 11.1 Å². The summed E-state index contributed by atoms with van der Waals surface area (Å²) in [6.07, 6.45) is 3.24. The number of benzene rings is 1. The molecular weight excluding hydrogens is 334 g/mol. The van der Waals surface area contributed by atoms with Gasteiger partial charge in [0, 0.05) is 11.1 Å². The summed E-state index contributed by atoms with van der Waals surface area (Å²) in [4.78, 5) is 19.6. The maximum Gasteiger partial charge on any atom is 0.238 e. The van der Waals surface area contributed by atoms with Crippen LogP contribution in [-0.2, 0) is 11.3 Å². The van der Waals surface area contributed by atoms with Crippen molar-refractivity contribution in [1.82, 2.24) is 4.98 Å². The minimum atomic E-state index is -0.0653. The summed E-state index contributed by atoms with van der Waals surface area (Å²) in [6.45, 7) is 0.330. The van der Waals surface area contributed by atoms with Gasteiger partial charge in [-0.15, -0.1) is 11.8 Å². The van der Waals surface area contributed by atoms with Gasteiger partial charge in [0.2, 0.25) is 5.91 Å². The van der Waals surface area contributed by atoms with Crippen LogP contribution in [0.15, 0.2) is 76.4 Å². The first-order valence-electron chi connectivity index (χ1n) is 7.63. The number of carbonyl (C=O) groups excluding carboxylic acids is 1. The second-order valence-electron chi connectivity index (χ2n) is 5.17. The average Bonchev–Trinajstić information content (AvgIpc) is 3.18. The number of pyridine rings is 1. The first kappa shape index (κ1) is 16.8. The van der Waals surface area contributed by atoms with Crippen LogP contribution in [0.5, 0.6) is 0 Å². The van der Waals surface area contributed by atoms with Crippen molar-refractivity contribution in [2.45, 2.75) is 11.4 Å². The molecule has 2 heterocycles. The standard InChI is InChI=1S/C19H15N3O2S/c20-12-15-6-8-17(9-7-15)25-14-19(23)22(13-16-4-3-11-24-16)18-5-1-2-10-21-18/h1-11H,13-14H2. The predicted molar refractivity (Wildman–Crippen MR) is 96.0 cm³/mol. The summed E-state index contributed by atoms with van der Waals surface area (Å²) >= 11 is 1.42. The first-order valence-corrected chi connectivity index (χ1v) is 8.61. The largest absolute Gasteiger partial charge is 0.467 e. The van der Waals surface area contributed by atoms with E-state index < -0.39 is 0 Å². The Morgan fingerprint density at radius 2 is 2.00 bits per heavy atom. The molecule has 0 aliphatic heterocycles. The van der Waals surface area contributed by atoms with E-state index >= 15 is 0 Å². The molecule has 1 aromatic carbocycles. The molecule has 0 saturated heterocycles. The summed E-state index contributed by atoms with van der Waals surface area (Å²) in [6, 6.07) is 18.3. The van der Waals surface area contributed by atoms with Crippen LogP contribution in [-0.4, -0.2) is 16.6 Å². The number of hydrogen-bond acceptors (Lipinski definition) is 5. The molecule has 25 heavy (non-hydrogen) atoms. The fourth-order valence-corrected chi connectivity index (χ4v) is 2.99. The van der Waals surface area contributed by atoms with E-state index in [1.807, 2.05) is 30.3 Å². The summed E-state index contributed by atoms with van der Waals surface area (Å²) in [5.41, 5.74) is 0.601. The maximum atomic E-state index is 12.7. The van der Waals surface area contributed by atoms with Crippen molar-refractivity contribution in [3.63, 3.8) is 0 Å². The molecule has 0 atom stereocenters. The highest BCUT2D eigenvalue weighted by Crippen LogP contribution is 2.21. The summed E-state index contributed by atoms with van der Waals surface area (Å²) in [5, 5.41) is 8.83. The third-order valence-corrected chi connectivity index (χ3v) is 4.46. The lowest BCUT2D eigenvalue weighted by molar-refractivity contribution is -0.116. The number of anilines is 1. The molecule has 0 spiro atoms. The first-order chi connectivity index (χ1) is 12.3. The van der Waals surface area contributed by atoms with Gasteiger partial charge in [-0.2, -0.15) is 5.26 Å². The summed E-state index contributed by atoms with van der Waals surface area (Å²) in [7, 11) is 0. The fourth-order valence-electron chi connectivity index (χ4n) is 2.22. The van der Waals surface area contributed by atoms with Crippen molar-refractivity contribution >= 4 is 23.5 Å². The third-order valence-electron chi connectivity index (χ3n) is 3.47. The van der Waals surface area contributed by atoms with Crippen LogP contribution in [0.1, 0.15) is 11.3 Å². The van der Waals surface area contributed by atoms with Crippen molar-refractivity contribution in [3.8, 4) is 6.07 Å². The summed E-state index contributed by atoms with van der Waals surface area (Å²) < 4.78 is 5.36. The number of aromatic nitrogens is 1. The van der Waals surface area contributed by atoms with E-state index in [1.54, 1.807) is 41.6 Å². The lowest BCUT2D eigenvalue weighted by Gasteiger charge is -2.20. The van der Waals surface area contributed by atoms with E-state index in [1.165, 1.54) is 11.8 Å². The number of thioether (sulfide) groups is 1. The van der Waals surface area contributed by atoms with Gasteiger partial charge in [0.05, 0.1) is 30.2 Å². The molecule has 0 saturated carbocycles. The smallest absolute Gasteiger partial charge is 0.238 e. The highest BCUT2D eigenvalue weighted by atomic mass is 32.2. The van der Waals surface area contributed by atoms with Gasteiger partial charge in [-0.3, -0.25) is 9.69 Å². The number of amides is 1. The predicted octanol–water partition coefficient (Wildman–Crippen LogP) is 3.87. The lowest BCUT2D eigenvalue weighted by atomic mass is 10.2.